The summed E-state index contributed by atoms with van der Waals surface area (Å²) in [7, 11) is 0. The maximum Gasteiger partial charge on any atom is 0.252 e. The fourth-order valence-corrected chi connectivity index (χ4v) is 4.31. The molecule has 3 N–H and O–H groups in total. The highest BCUT2D eigenvalue weighted by molar-refractivity contribution is 5.97. The number of hydrogen-bond donors (Lipinski definition) is 2. The zero-order chi connectivity index (χ0) is 18.6. The predicted octanol–water partition coefficient (Wildman–Crippen LogP) is 2.53. The Kier molecular flexibility index (Phi) is 5.38. The Bertz CT molecular complexity index is 796. The molecule has 7 heteroatoms. The van der Waals surface area contributed by atoms with Crippen molar-refractivity contribution in [3.63, 3.8) is 0 Å². The van der Waals surface area contributed by atoms with Crippen molar-refractivity contribution in [1.82, 2.24) is 19.7 Å². The molecular weight excluding hydrogens is 340 g/mol. The van der Waals surface area contributed by atoms with Gasteiger partial charge in [0.2, 0.25) is 0 Å². The summed E-state index contributed by atoms with van der Waals surface area (Å²) in [6.07, 6.45) is 9.57. The topological polar surface area (TPSA) is 89.1 Å². The van der Waals surface area contributed by atoms with Crippen LogP contribution in [0.15, 0.2) is 24.4 Å². The second-order valence-corrected chi connectivity index (χ2v) is 7.58. The van der Waals surface area contributed by atoms with Crippen molar-refractivity contribution in [2.75, 3.05) is 11.9 Å². The van der Waals surface area contributed by atoms with E-state index < -0.39 is 5.91 Å². The summed E-state index contributed by atoms with van der Waals surface area (Å²) in [6.45, 7) is 3.64. The third-order valence-electron chi connectivity index (χ3n) is 5.70. The predicted molar refractivity (Wildman–Crippen MR) is 104 cm³/mol. The highest BCUT2D eigenvalue weighted by atomic mass is 16.1. The van der Waals surface area contributed by atoms with Gasteiger partial charge in [0.1, 0.15) is 5.82 Å². The smallest absolute Gasteiger partial charge is 0.252 e. The molecule has 7 nitrogen and oxygen atoms in total. The standard InChI is InChI=1S/C20H28N6O/c21-19(27)18-8-4-9-22-20(18)23-13-15-12-17-14-25(10-5-11-26(17)24-15)16-6-2-1-3-7-16/h4,8-9,12,16H,1-3,5-7,10-11,13-14H2,(H2,21,27)(H,22,23). The van der Waals surface area contributed by atoms with Gasteiger partial charge in [0, 0.05) is 31.9 Å². The summed E-state index contributed by atoms with van der Waals surface area (Å²) in [5, 5.41) is 7.97. The number of amides is 1. The Morgan fingerprint density at radius 1 is 1.22 bits per heavy atom. The number of nitrogens with one attached hydrogen (secondary N) is 1. The normalized spacial score (nSPS) is 18.7. The molecule has 1 amide bonds. The van der Waals surface area contributed by atoms with Crippen LogP contribution in [0.1, 0.15) is 60.3 Å². The first-order valence-corrected chi connectivity index (χ1v) is 9.99. The van der Waals surface area contributed by atoms with Gasteiger partial charge in [0.25, 0.3) is 5.91 Å². The van der Waals surface area contributed by atoms with E-state index in [2.05, 4.69) is 25.9 Å². The molecule has 0 saturated heterocycles. The second-order valence-electron chi connectivity index (χ2n) is 7.58. The summed E-state index contributed by atoms with van der Waals surface area (Å²) in [5.74, 6) is 0.0337. The average Bonchev–Trinajstić information content (AvgIpc) is 2.97. The van der Waals surface area contributed by atoms with E-state index in [1.807, 2.05) is 0 Å². The van der Waals surface area contributed by atoms with E-state index in [4.69, 9.17) is 10.8 Å². The number of anilines is 1. The third-order valence-corrected chi connectivity index (χ3v) is 5.70. The molecule has 0 atom stereocenters. The summed E-state index contributed by atoms with van der Waals surface area (Å²) in [6, 6.07) is 6.31. The summed E-state index contributed by atoms with van der Waals surface area (Å²) in [5.41, 5.74) is 8.08. The van der Waals surface area contributed by atoms with E-state index in [0.29, 0.717) is 17.9 Å². The van der Waals surface area contributed by atoms with Gasteiger partial charge in [-0.15, -0.1) is 0 Å². The first-order chi connectivity index (χ1) is 13.2. The Labute approximate surface area is 159 Å². The SMILES string of the molecule is NC(=O)c1cccnc1NCc1cc2n(n1)CCCN(C1CCCCC1)C2. The number of fused-ring (bicyclic) bond motifs is 1. The molecule has 3 heterocycles. The molecule has 1 aliphatic carbocycles. The zero-order valence-electron chi connectivity index (χ0n) is 15.7. The minimum absolute atomic E-state index is 0.404. The molecule has 0 radical (unpaired) electrons. The van der Waals surface area contributed by atoms with Crippen LogP contribution < -0.4 is 11.1 Å². The van der Waals surface area contributed by atoms with Crippen LogP contribution >= 0.6 is 0 Å². The molecule has 1 aliphatic heterocycles. The maximum atomic E-state index is 11.5. The molecule has 2 aromatic heterocycles. The van der Waals surface area contributed by atoms with E-state index in [-0.39, 0.29) is 0 Å². The molecule has 0 bridgehead atoms. The van der Waals surface area contributed by atoms with Gasteiger partial charge in [-0.3, -0.25) is 14.4 Å². The number of carbonyl (C=O) groups is 1. The van der Waals surface area contributed by atoms with E-state index >= 15 is 0 Å². The third kappa shape index (κ3) is 4.13. The highest BCUT2D eigenvalue weighted by Gasteiger charge is 2.24. The molecule has 27 heavy (non-hydrogen) atoms. The number of pyridine rings is 1. The van der Waals surface area contributed by atoms with Gasteiger partial charge in [-0.25, -0.2) is 4.98 Å². The molecule has 0 unspecified atom stereocenters. The molecule has 2 aliphatic rings. The van der Waals surface area contributed by atoms with Crippen LogP contribution in [0.3, 0.4) is 0 Å². The van der Waals surface area contributed by atoms with Gasteiger partial charge in [-0.1, -0.05) is 19.3 Å². The number of nitrogens with two attached hydrogens (primary N) is 1. The van der Waals surface area contributed by atoms with Crippen LogP contribution in [-0.2, 0) is 19.6 Å². The monoisotopic (exact) mass is 368 g/mol. The summed E-state index contributed by atoms with van der Waals surface area (Å²) in [4.78, 5) is 18.4. The number of rotatable bonds is 5. The molecule has 0 spiro atoms. The second kappa shape index (κ2) is 8.08. The maximum absolute atomic E-state index is 11.5. The van der Waals surface area contributed by atoms with Gasteiger partial charge in [-0.05, 0) is 37.5 Å². The van der Waals surface area contributed by atoms with Gasteiger partial charge in [-0.2, -0.15) is 5.10 Å². The van der Waals surface area contributed by atoms with Crippen molar-refractivity contribution in [2.45, 2.75) is 64.2 Å². The summed E-state index contributed by atoms with van der Waals surface area (Å²) >= 11 is 0. The number of hydrogen-bond acceptors (Lipinski definition) is 5. The Morgan fingerprint density at radius 2 is 2.07 bits per heavy atom. The number of nitrogens with zero attached hydrogens (tertiary/aromatic N) is 4. The molecule has 4 rings (SSSR count). The van der Waals surface area contributed by atoms with Crippen LogP contribution in [0.2, 0.25) is 0 Å². The Balaban J connectivity index is 1.44. The van der Waals surface area contributed by atoms with Crippen molar-refractivity contribution in [3.8, 4) is 0 Å². The van der Waals surface area contributed by atoms with Gasteiger partial charge < -0.3 is 11.1 Å². The lowest BCUT2D eigenvalue weighted by Crippen LogP contribution is -2.36. The molecular formula is C20H28N6O. The van der Waals surface area contributed by atoms with Crippen LogP contribution in [-0.4, -0.2) is 38.2 Å². The van der Waals surface area contributed by atoms with Crippen LogP contribution in [0, 0.1) is 0 Å². The minimum atomic E-state index is -0.477. The van der Waals surface area contributed by atoms with Crippen LogP contribution in [0.25, 0.3) is 0 Å². The Hall–Kier alpha value is -2.41. The molecule has 1 fully saturated rings. The quantitative estimate of drug-likeness (QED) is 0.846. The van der Waals surface area contributed by atoms with E-state index in [0.717, 1.165) is 37.8 Å². The van der Waals surface area contributed by atoms with Crippen LogP contribution in [0.4, 0.5) is 5.82 Å². The fourth-order valence-electron chi connectivity index (χ4n) is 4.31. The lowest BCUT2D eigenvalue weighted by molar-refractivity contribution is 0.100. The highest BCUT2D eigenvalue weighted by Crippen LogP contribution is 2.26. The molecule has 144 valence electrons. The lowest BCUT2D eigenvalue weighted by Gasteiger charge is -2.33. The van der Waals surface area contributed by atoms with Crippen molar-refractivity contribution < 1.29 is 4.79 Å². The number of carbonyl (C=O) groups excluding carboxylic acids is 1. The largest absolute Gasteiger partial charge is 0.365 e. The average molecular weight is 368 g/mol. The van der Waals surface area contributed by atoms with Crippen molar-refractivity contribution in [3.05, 3.63) is 41.3 Å². The minimum Gasteiger partial charge on any atom is -0.365 e. The molecule has 2 aromatic rings. The zero-order valence-corrected chi connectivity index (χ0v) is 15.7. The fraction of sp³-hybridized carbons (Fsp3) is 0.550. The van der Waals surface area contributed by atoms with E-state index in [9.17, 15) is 4.79 Å². The first-order valence-electron chi connectivity index (χ1n) is 9.99. The lowest BCUT2D eigenvalue weighted by atomic mass is 9.94. The molecule has 0 aromatic carbocycles. The van der Waals surface area contributed by atoms with E-state index in [1.54, 1.807) is 18.3 Å². The number of primary amides is 1. The van der Waals surface area contributed by atoms with Crippen molar-refractivity contribution in [2.24, 2.45) is 5.73 Å². The number of aromatic nitrogens is 3. The van der Waals surface area contributed by atoms with Gasteiger partial charge in [0.15, 0.2) is 0 Å². The van der Waals surface area contributed by atoms with Crippen molar-refractivity contribution in [1.29, 1.82) is 0 Å². The number of aryl methyl sites for hydroxylation is 1. The van der Waals surface area contributed by atoms with Gasteiger partial charge >= 0.3 is 0 Å². The Morgan fingerprint density at radius 3 is 2.89 bits per heavy atom. The van der Waals surface area contributed by atoms with Crippen LogP contribution in [0.5, 0.6) is 0 Å². The van der Waals surface area contributed by atoms with Gasteiger partial charge in [0.05, 0.1) is 23.5 Å². The van der Waals surface area contributed by atoms with Crippen molar-refractivity contribution >= 4 is 11.7 Å². The molecule has 1 saturated carbocycles. The summed E-state index contributed by atoms with van der Waals surface area (Å²) < 4.78 is 2.15. The van der Waals surface area contributed by atoms with E-state index in [1.165, 1.54) is 37.8 Å². The first kappa shape index (κ1) is 18.0.